The van der Waals surface area contributed by atoms with Crippen LogP contribution >= 0.6 is 22.9 Å². The molecule has 9 nitrogen and oxygen atoms in total. The molecule has 4 heterocycles. The summed E-state index contributed by atoms with van der Waals surface area (Å²) < 4.78 is 0.740. The van der Waals surface area contributed by atoms with Gasteiger partial charge in [-0.25, -0.2) is 9.97 Å². The molecule has 2 N–H and O–H groups in total. The Labute approximate surface area is 225 Å². The van der Waals surface area contributed by atoms with Crippen molar-refractivity contribution in [2.45, 2.75) is 12.6 Å². The largest absolute Gasteiger partial charge is 0.383 e. The highest BCUT2D eigenvalue weighted by atomic mass is 35.5. The van der Waals surface area contributed by atoms with Gasteiger partial charge in [0.15, 0.2) is 0 Å². The zero-order chi connectivity index (χ0) is 25.9. The normalized spacial score (nSPS) is 19.8. The van der Waals surface area contributed by atoms with Gasteiger partial charge in [-0.3, -0.25) is 14.5 Å². The van der Waals surface area contributed by atoms with Gasteiger partial charge in [-0.05, 0) is 43.0 Å². The molecule has 2 aromatic heterocycles. The number of likely N-dealkylation sites (N-methyl/N-ethyl adjacent to an activating group) is 1. The number of nitrogen functional groups attached to an aromatic ring is 1. The van der Waals surface area contributed by atoms with Crippen LogP contribution in [0.5, 0.6) is 0 Å². The highest BCUT2D eigenvalue weighted by molar-refractivity contribution is 7.16. The zero-order valence-electron chi connectivity index (χ0n) is 20.7. The van der Waals surface area contributed by atoms with Gasteiger partial charge < -0.3 is 20.4 Å². The van der Waals surface area contributed by atoms with Gasteiger partial charge in [0.25, 0.3) is 0 Å². The molecule has 1 aromatic carbocycles. The number of piperazine rings is 2. The third-order valence-corrected chi connectivity index (χ3v) is 8.11. The lowest BCUT2D eigenvalue weighted by Gasteiger charge is -2.43. The first kappa shape index (κ1) is 25.6. The molecule has 194 valence electrons. The van der Waals surface area contributed by atoms with Crippen molar-refractivity contribution in [3.05, 3.63) is 57.5 Å². The molecule has 0 spiro atoms. The Bertz CT molecular complexity index is 1320. The Morgan fingerprint density at radius 3 is 2.76 bits per heavy atom. The number of anilines is 1. The lowest BCUT2D eigenvalue weighted by molar-refractivity contribution is -0.153. The maximum Gasteiger partial charge on any atom is 0.246 e. The standard InChI is InChI=1S/C26H30ClN7O2S/c1-31-9-11-33(12-10-31)26(36)22-15-32(8-2-3-19-5-7-23(27)37-19)16-24(35)34(22)14-18-4-6-20-21(13-18)29-17-30-25(20)28/h2-7,13,17,22H,8-12,14-16H2,1H3,(H2,28,29,30)/b3-2+. The third-order valence-electron chi connectivity index (χ3n) is 6.91. The predicted octanol–water partition coefficient (Wildman–Crippen LogP) is 2.43. The Hall–Kier alpha value is -3.05. The molecule has 0 bridgehead atoms. The van der Waals surface area contributed by atoms with Crippen LogP contribution in [-0.4, -0.2) is 100 Å². The number of hydrogen-bond donors (Lipinski definition) is 1. The van der Waals surface area contributed by atoms with Crippen LogP contribution in [-0.2, 0) is 16.1 Å². The number of rotatable bonds is 6. The molecule has 0 aliphatic carbocycles. The van der Waals surface area contributed by atoms with Gasteiger partial charge in [-0.2, -0.15) is 0 Å². The molecule has 3 aromatic rings. The number of carbonyl (C=O) groups excluding carboxylic acids is 2. The molecule has 2 aliphatic rings. The summed E-state index contributed by atoms with van der Waals surface area (Å²) in [7, 11) is 2.06. The minimum absolute atomic E-state index is 0.00697. The van der Waals surface area contributed by atoms with E-state index in [0.717, 1.165) is 38.8 Å². The molecule has 0 saturated carbocycles. The number of aromatic nitrogens is 2. The Balaban J connectivity index is 1.35. The van der Waals surface area contributed by atoms with Gasteiger partial charge in [0.05, 0.1) is 16.4 Å². The maximum absolute atomic E-state index is 13.7. The van der Waals surface area contributed by atoms with Gasteiger partial charge in [-0.15, -0.1) is 11.3 Å². The molecular formula is C26H30ClN7O2S. The molecule has 0 radical (unpaired) electrons. The van der Waals surface area contributed by atoms with Crippen LogP contribution in [0.15, 0.2) is 42.7 Å². The number of amides is 2. The first-order valence-electron chi connectivity index (χ1n) is 12.3. The summed E-state index contributed by atoms with van der Waals surface area (Å²) in [6.07, 6.45) is 5.46. The van der Waals surface area contributed by atoms with E-state index >= 15 is 0 Å². The van der Waals surface area contributed by atoms with E-state index in [-0.39, 0.29) is 18.4 Å². The minimum atomic E-state index is -0.555. The number of hydrogen-bond acceptors (Lipinski definition) is 8. The van der Waals surface area contributed by atoms with Crippen LogP contribution in [0.4, 0.5) is 5.82 Å². The van der Waals surface area contributed by atoms with Gasteiger partial charge in [0, 0.05) is 56.1 Å². The van der Waals surface area contributed by atoms with Crippen molar-refractivity contribution in [1.29, 1.82) is 0 Å². The van der Waals surface area contributed by atoms with Crippen LogP contribution in [0.3, 0.4) is 0 Å². The summed E-state index contributed by atoms with van der Waals surface area (Å²) in [5.41, 5.74) is 7.59. The number of carbonyl (C=O) groups is 2. The van der Waals surface area contributed by atoms with Gasteiger partial charge >= 0.3 is 0 Å². The SMILES string of the molecule is CN1CCN(C(=O)C2CN(C/C=C/c3ccc(Cl)s3)CC(=O)N2Cc2ccc3c(N)ncnc3c2)CC1. The van der Waals surface area contributed by atoms with Crippen molar-refractivity contribution in [3.63, 3.8) is 0 Å². The molecule has 1 atom stereocenters. The molecule has 37 heavy (non-hydrogen) atoms. The van der Waals surface area contributed by atoms with Crippen LogP contribution in [0, 0.1) is 0 Å². The Kier molecular flexibility index (Phi) is 7.71. The molecular weight excluding hydrogens is 510 g/mol. The van der Waals surface area contributed by atoms with Gasteiger partial charge in [0.1, 0.15) is 18.2 Å². The van der Waals surface area contributed by atoms with Crippen molar-refractivity contribution < 1.29 is 9.59 Å². The smallest absolute Gasteiger partial charge is 0.246 e. The quantitative estimate of drug-likeness (QED) is 0.513. The van der Waals surface area contributed by atoms with E-state index in [2.05, 4.69) is 21.9 Å². The second-order valence-electron chi connectivity index (χ2n) is 9.51. The molecule has 2 fully saturated rings. The van der Waals surface area contributed by atoms with E-state index in [4.69, 9.17) is 17.3 Å². The fourth-order valence-corrected chi connectivity index (χ4v) is 5.80. The summed E-state index contributed by atoms with van der Waals surface area (Å²) in [5.74, 6) is 0.364. The van der Waals surface area contributed by atoms with E-state index in [0.29, 0.717) is 38.5 Å². The Morgan fingerprint density at radius 1 is 1.19 bits per heavy atom. The van der Waals surface area contributed by atoms with Crippen LogP contribution < -0.4 is 5.73 Å². The highest BCUT2D eigenvalue weighted by Crippen LogP contribution is 2.24. The molecule has 2 amide bonds. The van der Waals surface area contributed by atoms with E-state index in [1.165, 1.54) is 17.7 Å². The maximum atomic E-state index is 13.7. The molecule has 5 rings (SSSR count). The average molecular weight is 540 g/mol. The molecule has 2 aliphatic heterocycles. The van der Waals surface area contributed by atoms with Crippen molar-refractivity contribution in [3.8, 4) is 0 Å². The average Bonchev–Trinajstić information content (AvgIpc) is 3.30. The topological polar surface area (TPSA) is 98.9 Å². The van der Waals surface area contributed by atoms with Crippen molar-refractivity contribution in [2.24, 2.45) is 0 Å². The first-order chi connectivity index (χ1) is 17.9. The second-order valence-corrected chi connectivity index (χ2v) is 11.3. The van der Waals surface area contributed by atoms with E-state index < -0.39 is 6.04 Å². The molecule has 2 saturated heterocycles. The minimum Gasteiger partial charge on any atom is -0.383 e. The van der Waals surface area contributed by atoms with E-state index in [1.807, 2.05) is 52.3 Å². The monoisotopic (exact) mass is 539 g/mol. The predicted molar refractivity (Wildman–Crippen MR) is 147 cm³/mol. The van der Waals surface area contributed by atoms with Gasteiger partial charge in [-0.1, -0.05) is 23.7 Å². The van der Waals surface area contributed by atoms with Crippen LogP contribution in [0.25, 0.3) is 17.0 Å². The summed E-state index contributed by atoms with van der Waals surface area (Å²) >= 11 is 7.54. The Morgan fingerprint density at radius 2 is 2.00 bits per heavy atom. The van der Waals surface area contributed by atoms with Crippen LogP contribution in [0.2, 0.25) is 4.34 Å². The number of nitrogens with zero attached hydrogens (tertiary/aromatic N) is 6. The summed E-state index contributed by atoms with van der Waals surface area (Å²) in [4.78, 5) is 44.5. The summed E-state index contributed by atoms with van der Waals surface area (Å²) in [6.45, 7) is 4.63. The lowest BCUT2D eigenvalue weighted by Crippen LogP contribution is -2.63. The lowest BCUT2D eigenvalue weighted by atomic mass is 10.1. The first-order valence-corrected chi connectivity index (χ1v) is 13.5. The fourth-order valence-electron chi connectivity index (χ4n) is 4.80. The molecule has 11 heteroatoms. The van der Waals surface area contributed by atoms with Crippen molar-refractivity contribution in [1.82, 2.24) is 29.6 Å². The van der Waals surface area contributed by atoms with Crippen LogP contribution in [0.1, 0.15) is 10.4 Å². The number of halogens is 1. The summed E-state index contributed by atoms with van der Waals surface area (Å²) in [5, 5.41) is 0.770. The highest BCUT2D eigenvalue weighted by Gasteiger charge is 2.39. The number of thiophene rings is 1. The number of nitrogens with two attached hydrogens (primary N) is 1. The summed E-state index contributed by atoms with van der Waals surface area (Å²) in [6, 6.07) is 8.99. The van der Waals surface area contributed by atoms with Crippen molar-refractivity contribution in [2.75, 3.05) is 58.6 Å². The second kappa shape index (κ2) is 11.1. The van der Waals surface area contributed by atoms with Crippen molar-refractivity contribution >= 4 is 57.5 Å². The zero-order valence-corrected chi connectivity index (χ0v) is 22.3. The third kappa shape index (κ3) is 5.93. The van der Waals surface area contributed by atoms with Gasteiger partial charge in [0.2, 0.25) is 11.8 Å². The number of fused-ring (bicyclic) bond motifs is 1. The van der Waals surface area contributed by atoms with E-state index in [1.54, 1.807) is 4.90 Å². The van der Waals surface area contributed by atoms with E-state index in [9.17, 15) is 9.59 Å². The number of benzene rings is 1. The fraction of sp³-hybridized carbons (Fsp3) is 0.385. The molecule has 1 unspecified atom stereocenters.